The fraction of sp³-hybridized carbons (Fsp3) is 0.333. The highest BCUT2D eigenvalue weighted by atomic mass is 32.2. The van der Waals surface area contributed by atoms with Crippen molar-refractivity contribution in [2.24, 2.45) is 0 Å². The number of nitro benzene ring substituents is 1. The third kappa shape index (κ3) is 4.20. The van der Waals surface area contributed by atoms with Crippen LogP contribution in [-0.2, 0) is 10.0 Å². The number of hydrogen-bond donors (Lipinski definition) is 1. The predicted molar refractivity (Wildman–Crippen MR) is 102 cm³/mol. The van der Waals surface area contributed by atoms with Gasteiger partial charge in [-0.3, -0.25) is 10.1 Å². The summed E-state index contributed by atoms with van der Waals surface area (Å²) in [5, 5.41) is 14.5. The first kappa shape index (κ1) is 19.1. The molecule has 144 valence electrons. The van der Waals surface area contributed by atoms with Gasteiger partial charge in [-0.2, -0.15) is 4.31 Å². The second kappa shape index (κ2) is 7.93. The van der Waals surface area contributed by atoms with Crippen LogP contribution in [0, 0.1) is 10.1 Å². The van der Waals surface area contributed by atoms with Crippen molar-refractivity contribution in [3.63, 3.8) is 0 Å². The average molecular weight is 391 g/mol. The largest absolute Gasteiger partial charge is 0.497 e. The van der Waals surface area contributed by atoms with Gasteiger partial charge in [0, 0.05) is 30.9 Å². The van der Waals surface area contributed by atoms with Gasteiger partial charge in [0.2, 0.25) is 10.0 Å². The van der Waals surface area contributed by atoms with Crippen molar-refractivity contribution in [2.45, 2.75) is 24.2 Å². The van der Waals surface area contributed by atoms with Crippen molar-refractivity contribution >= 4 is 27.1 Å². The van der Waals surface area contributed by atoms with Crippen LogP contribution in [0.5, 0.6) is 5.75 Å². The monoisotopic (exact) mass is 391 g/mol. The molecule has 1 aliphatic rings. The predicted octanol–water partition coefficient (Wildman–Crippen LogP) is 3.52. The Balaban J connectivity index is 1.94. The lowest BCUT2D eigenvalue weighted by molar-refractivity contribution is -0.384. The Morgan fingerprint density at radius 1 is 1.11 bits per heavy atom. The molecule has 9 heteroatoms. The molecule has 0 atom stereocenters. The summed E-state index contributed by atoms with van der Waals surface area (Å²) in [6, 6.07) is 10.9. The summed E-state index contributed by atoms with van der Waals surface area (Å²) in [4.78, 5) is 10.9. The first-order chi connectivity index (χ1) is 12.9. The molecule has 0 spiro atoms. The summed E-state index contributed by atoms with van der Waals surface area (Å²) in [7, 11) is -2.21. The number of ether oxygens (including phenoxy) is 1. The van der Waals surface area contributed by atoms with E-state index in [1.165, 1.54) is 23.5 Å². The second-order valence-corrected chi connectivity index (χ2v) is 8.20. The maximum Gasteiger partial charge on any atom is 0.294 e. The highest BCUT2D eigenvalue weighted by Crippen LogP contribution is 2.32. The van der Waals surface area contributed by atoms with E-state index >= 15 is 0 Å². The quantitative estimate of drug-likeness (QED) is 0.597. The lowest BCUT2D eigenvalue weighted by Gasteiger charge is -2.25. The molecular formula is C18H21N3O5S. The molecule has 0 amide bonds. The van der Waals surface area contributed by atoms with E-state index < -0.39 is 14.9 Å². The molecule has 1 aliphatic heterocycles. The Labute approximate surface area is 158 Å². The van der Waals surface area contributed by atoms with Crippen LogP contribution in [0.4, 0.5) is 17.1 Å². The highest BCUT2D eigenvalue weighted by Gasteiger charge is 2.28. The van der Waals surface area contributed by atoms with Gasteiger partial charge >= 0.3 is 0 Å². The molecule has 3 rings (SSSR count). The summed E-state index contributed by atoms with van der Waals surface area (Å²) in [5.74, 6) is 0.604. The van der Waals surface area contributed by atoms with E-state index in [0.717, 1.165) is 25.3 Å². The fourth-order valence-corrected chi connectivity index (χ4v) is 4.58. The molecule has 8 nitrogen and oxygen atoms in total. The first-order valence-corrected chi connectivity index (χ1v) is 10.1. The Hall–Kier alpha value is -2.65. The molecule has 0 aliphatic carbocycles. The highest BCUT2D eigenvalue weighted by molar-refractivity contribution is 7.89. The van der Waals surface area contributed by atoms with Gasteiger partial charge in [0.25, 0.3) is 5.69 Å². The molecule has 1 N–H and O–H groups in total. The van der Waals surface area contributed by atoms with Gasteiger partial charge < -0.3 is 10.1 Å². The molecule has 2 aromatic carbocycles. The zero-order valence-corrected chi connectivity index (χ0v) is 15.7. The van der Waals surface area contributed by atoms with Crippen molar-refractivity contribution in [3.8, 4) is 5.75 Å². The van der Waals surface area contributed by atoms with Gasteiger partial charge in [-0.1, -0.05) is 12.5 Å². The standard InChI is InChI=1S/C18H21N3O5S/c1-26-15-7-5-6-14(12-15)19-17-9-8-16(13-18(17)21(22)23)27(24,25)20-10-3-2-4-11-20/h5-9,12-13,19H,2-4,10-11H2,1H3. The minimum absolute atomic E-state index is 0.0627. The number of nitro groups is 1. The number of sulfonamides is 1. The molecule has 0 aromatic heterocycles. The maximum absolute atomic E-state index is 12.8. The summed E-state index contributed by atoms with van der Waals surface area (Å²) in [6.45, 7) is 0.889. The van der Waals surface area contributed by atoms with Crippen LogP contribution in [-0.4, -0.2) is 37.8 Å². The molecule has 0 saturated carbocycles. The molecular weight excluding hydrogens is 370 g/mol. The number of benzene rings is 2. The van der Waals surface area contributed by atoms with E-state index in [1.54, 1.807) is 24.3 Å². The molecule has 0 unspecified atom stereocenters. The minimum atomic E-state index is -3.74. The zero-order chi connectivity index (χ0) is 19.4. The van der Waals surface area contributed by atoms with Gasteiger partial charge in [-0.25, -0.2) is 8.42 Å². The number of hydrogen-bond acceptors (Lipinski definition) is 6. The lowest BCUT2D eigenvalue weighted by atomic mass is 10.2. The van der Waals surface area contributed by atoms with E-state index in [9.17, 15) is 18.5 Å². The number of anilines is 2. The normalized spacial score (nSPS) is 15.3. The van der Waals surface area contributed by atoms with Crippen LogP contribution >= 0.6 is 0 Å². The average Bonchev–Trinajstić information content (AvgIpc) is 2.68. The van der Waals surface area contributed by atoms with E-state index in [0.29, 0.717) is 24.5 Å². The first-order valence-electron chi connectivity index (χ1n) is 8.61. The maximum atomic E-state index is 12.8. The van der Waals surface area contributed by atoms with Gasteiger partial charge in [0.05, 0.1) is 16.9 Å². The number of rotatable bonds is 6. The van der Waals surface area contributed by atoms with Gasteiger partial charge in [-0.15, -0.1) is 0 Å². The summed E-state index contributed by atoms with van der Waals surface area (Å²) >= 11 is 0. The molecule has 27 heavy (non-hydrogen) atoms. The van der Waals surface area contributed by atoms with Crippen LogP contribution in [0.2, 0.25) is 0 Å². The van der Waals surface area contributed by atoms with Crippen molar-refractivity contribution in [2.75, 3.05) is 25.5 Å². The summed E-state index contributed by atoms with van der Waals surface area (Å²) in [6.07, 6.45) is 2.60. The van der Waals surface area contributed by atoms with E-state index in [1.807, 2.05) is 0 Å². The van der Waals surface area contributed by atoms with Crippen molar-refractivity contribution in [1.82, 2.24) is 4.31 Å². The number of methoxy groups -OCH3 is 1. The fourth-order valence-electron chi connectivity index (χ4n) is 3.04. The Morgan fingerprint density at radius 3 is 2.52 bits per heavy atom. The Bertz CT molecular complexity index is 940. The van der Waals surface area contributed by atoms with E-state index in [-0.39, 0.29) is 16.3 Å². The van der Waals surface area contributed by atoms with Crippen molar-refractivity contribution in [3.05, 3.63) is 52.6 Å². The van der Waals surface area contributed by atoms with Crippen molar-refractivity contribution in [1.29, 1.82) is 0 Å². The molecule has 0 radical (unpaired) electrons. The molecule has 2 aromatic rings. The molecule has 1 heterocycles. The molecule has 0 bridgehead atoms. The summed E-state index contributed by atoms with van der Waals surface area (Å²) < 4.78 is 32.1. The molecule has 1 fully saturated rings. The van der Waals surface area contributed by atoms with Crippen LogP contribution in [0.1, 0.15) is 19.3 Å². The SMILES string of the molecule is COc1cccc(Nc2ccc(S(=O)(=O)N3CCCCC3)cc2[N+](=O)[O-])c1. The van der Waals surface area contributed by atoms with Crippen LogP contribution < -0.4 is 10.1 Å². The van der Waals surface area contributed by atoms with E-state index in [2.05, 4.69) is 5.32 Å². The summed E-state index contributed by atoms with van der Waals surface area (Å²) in [5.41, 5.74) is 0.519. The van der Waals surface area contributed by atoms with Crippen LogP contribution in [0.25, 0.3) is 0 Å². The zero-order valence-electron chi connectivity index (χ0n) is 14.9. The number of nitrogens with zero attached hydrogens (tertiary/aromatic N) is 2. The van der Waals surface area contributed by atoms with Crippen LogP contribution in [0.15, 0.2) is 47.4 Å². The van der Waals surface area contributed by atoms with Crippen LogP contribution in [0.3, 0.4) is 0 Å². The van der Waals surface area contributed by atoms with Crippen molar-refractivity contribution < 1.29 is 18.1 Å². The van der Waals surface area contributed by atoms with Gasteiger partial charge in [-0.05, 0) is 37.1 Å². The lowest BCUT2D eigenvalue weighted by Crippen LogP contribution is -2.35. The second-order valence-electron chi connectivity index (χ2n) is 6.26. The third-order valence-corrected chi connectivity index (χ3v) is 6.36. The topological polar surface area (TPSA) is 102 Å². The molecule has 1 saturated heterocycles. The smallest absolute Gasteiger partial charge is 0.294 e. The third-order valence-electron chi connectivity index (χ3n) is 4.47. The number of nitrogens with one attached hydrogen (secondary N) is 1. The van der Waals surface area contributed by atoms with E-state index in [4.69, 9.17) is 4.74 Å². The Kier molecular flexibility index (Phi) is 5.62. The number of piperidine rings is 1. The van der Waals surface area contributed by atoms with Gasteiger partial charge in [0.1, 0.15) is 11.4 Å². The van der Waals surface area contributed by atoms with Gasteiger partial charge in [0.15, 0.2) is 0 Å². The minimum Gasteiger partial charge on any atom is -0.497 e. The Morgan fingerprint density at radius 2 is 1.85 bits per heavy atom.